The summed E-state index contributed by atoms with van der Waals surface area (Å²) in [7, 11) is 0. The Morgan fingerprint density at radius 2 is 1.71 bits per heavy atom. The van der Waals surface area contributed by atoms with Crippen LogP contribution in [0.1, 0.15) is 22.8 Å². The molecule has 0 aliphatic rings. The van der Waals surface area contributed by atoms with Crippen molar-refractivity contribution in [3.05, 3.63) is 77.4 Å². The van der Waals surface area contributed by atoms with Gasteiger partial charge in [-0.05, 0) is 29.3 Å². The molecule has 0 radical (unpaired) electrons. The first-order chi connectivity index (χ1) is 11.4. The summed E-state index contributed by atoms with van der Waals surface area (Å²) in [4.78, 5) is 11.7. The Bertz CT molecular complexity index is 694. The van der Waals surface area contributed by atoms with E-state index in [2.05, 4.69) is 5.32 Å². The zero-order chi connectivity index (χ0) is 17.6. The van der Waals surface area contributed by atoms with Crippen LogP contribution >= 0.6 is 0 Å². The monoisotopic (exact) mass is 335 g/mol. The number of amides is 1. The highest BCUT2D eigenvalue weighted by Gasteiger charge is 2.30. The highest BCUT2D eigenvalue weighted by atomic mass is 19.4. The van der Waals surface area contributed by atoms with Crippen molar-refractivity contribution in [3.63, 3.8) is 0 Å². The second-order valence-electron chi connectivity index (χ2n) is 5.12. The Hall–Kier alpha value is -2.60. The van der Waals surface area contributed by atoms with Gasteiger partial charge in [-0.3, -0.25) is 4.79 Å². The number of hydrogen-bond donors (Lipinski definition) is 2. The Kier molecular flexibility index (Phi) is 5.76. The third-order valence-corrected chi connectivity index (χ3v) is 3.32. The number of rotatable bonds is 5. The number of benzene rings is 2. The van der Waals surface area contributed by atoms with Gasteiger partial charge < -0.3 is 10.4 Å². The maximum Gasteiger partial charge on any atom is 0.416 e. The number of carbonyl (C=O) groups is 1. The Labute approximate surface area is 137 Å². The third-order valence-electron chi connectivity index (χ3n) is 3.32. The van der Waals surface area contributed by atoms with E-state index in [0.29, 0.717) is 5.56 Å². The van der Waals surface area contributed by atoms with Gasteiger partial charge in [0.1, 0.15) is 0 Å². The first-order valence-corrected chi connectivity index (χ1v) is 7.22. The third kappa shape index (κ3) is 5.24. The predicted molar refractivity (Wildman–Crippen MR) is 84.9 cm³/mol. The summed E-state index contributed by atoms with van der Waals surface area (Å²) in [5, 5.41) is 12.4. The fraction of sp³-hybridized carbons (Fsp3) is 0.167. The second kappa shape index (κ2) is 7.79. The average Bonchev–Trinajstić information content (AvgIpc) is 2.58. The van der Waals surface area contributed by atoms with Crippen molar-refractivity contribution in [1.29, 1.82) is 0 Å². The van der Waals surface area contributed by atoms with Gasteiger partial charge in [0.15, 0.2) is 0 Å². The van der Waals surface area contributed by atoms with E-state index < -0.39 is 23.8 Å². The molecule has 0 fully saturated rings. The molecule has 0 saturated carbocycles. The summed E-state index contributed by atoms with van der Waals surface area (Å²) in [5.74, 6) is -0.398. The molecule has 126 valence electrons. The number of aliphatic hydroxyl groups is 1. The van der Waals surface area contributed by atoms with Crippen LogP contribution in [0.3, 0.4) is 0 Å². The molecule has 3 nitrogen and oxygen atoms in total. The van der Waals surface area contributed by atoms with Crippen LogP contribution in [0.25, 0.3) is 6.08 Å². The van der Waals surface area contributed by atoms with E-state index in [1.54, 1.807) is 6.08 Å². The van der Waals surface area contributed by atoms with Gasteiger partial charge in [0.05, 0.1) is 11.7 Å². The van der Waals surface area contributed by atoms with Crippen LogP contribution in [-0.2, 0) is 11.0 Å². The number of halogens is 3. The minimum Gasteiger partial charge on any atom is -0.387 e. The van der Waals surface area contributed by atoms with Crippen LogP contribution in [-0.4, -0.2) is 17.6 Å². The summed E-state index contributed by atoms with van der Waals surface area (Å²) in [6.07, 6.45) is -2.55. The van der Waals surface area contributed by atoms with Crippen molar-refractivity contribution in [2.24, 2.45) is 0 Å². The lowest BCUT2D eigenvalue weighted by Gasteiger charge is -2.13. The van der Waals surface area contributed by atoms with Gasteiger partial charge in [-0.15, -0.1) is 0 Å². The number of carbonyl (C=O) groups excluding carboxylic acids is 1. The van der Waals surface area contributed by atoms with Gasteiger partial charge in [0.2, 0.25) is 5.91 Å². The van der Waals surface area contributed by atoms with Crippen molar-refractivity contribution in [2.45, 2.75) is 12.3 Å². The summed E-state index contributed by atoms with van der Waals surface area (Å²) in [6.45, 7) is -0.0939. The molecule has 24 heavy (non-hydrogen) atoms. The molecule has 0 aromatic heterocycles. The second-order valence-corrected chi connectivity index (χ2v) is 5.12. The molecule has 0 spiro atoms. The molecule has 0 bridgehead atoms. The van der Waals surface area contributed by atoms with Gasteiger partial charge in [0, 0.05) is 12.6 Å². The van der Waals surface area contributed by atoms with E-state index in [4.69, 9.17) is 0 Å². The van der Waals surface area contributed by atoms with Crippen LogP contribution in [0.5, 0.6) is 0 Å². The first kappa shape index (κ1) is 17.7. The van der Waals surface area contributed by atoms with E-state index in [1.807, 2.05) is 30.3 Å². The number of alkyl halides is 3. The summed E-state index contributed by atoms with van der Waals surface area (Å²) < 4.78 is 37.4. The molecular formula is C18H16F3NO2. The molecule has 0 aliphatic heterocycles. The normalized spacial score (nSPS) is 13.0. The average molecular weight is 335 g/mol. The summed E-state index contributed by atoms with van der Waals surface area (Å²) in [6, 6.07) is 13.4. The van der Waals surface area contributed by atoms with Crippen molar-refractivity contribution in [3.8, 4) is 0 Å². The topological polar surface area (TPSA) is 49.3 Å². The highest BCUT2D eigenvalue weighted by Crippen LogP contribution is 2.29. The zero-order valence-electron chi connectivity index (χ0n) is 12.6. The molecule has 2 aromatic rings. The minimum atomic E-state index is -4.42. The first-order valence-electron chi connectivity index (χ1n) is 7.22. The van der Waals surface area contributed by atoms with E-state index >= 15 is 0 Å². The van der Waals surface area contributed by atoms with Gasteiger partial charge >= 0.3 is 6.18 Å². The summed E-state index contributed by atoms with van der Waals surface area (Å²) >= 11 is 0. The van der Waals surface area contributed by atoms with Crippen LogP contribution < -0.4 is 5.32 Å². The smallest absolute Gasteiger partial charge is 0.387 e. The van der Waals surface area contributed by atoms with Gasteiger partial charge in [-0.1, -0.05) is 42.5 Å². The Morgan fingerprint density at radius 1 is 1.08 bits per heavy atom. The highest BCUT2D eigenvalue weighted by molar-refractivity contribution is 5.91. The van der Waals surface area contributed by atoms with Crippen molar-refractivity contribution >= 4 is 12.0 Å². The van der Waals surface area contributed by atoms with Crippen LogP contribution in [0.15, 0.2) is 60.7 Å². The molecule has 0 aliphatic carbocycles. The van der Waals surface area contributed by atoms with Crippen molar-refractivity contribution in [1.82, 2.24) is 5.32 Å². The lowest BCUT2D eigenvalue weighted by molar-refractivity contribution is -0.137. The minimum absolute atomic E-state index is 0.0939. The predicted octanol–water partition coefficient (Wildman–Crippen LogP) is 3.57. The van der Waals surface area contributed by atoms with Crippen molar-refractivity contribution in [2.75, 3.05) is 6.54 Å². The van der Waals surface area contributed by atoms with E-state index in [1.165, 1.54) is 18.2 Å². The molecule has 2 N–H and O–H groups in total. The van der Waals surface area contributed by atoms with Gasteiger partial charge in [-0.2, -0.15) is 13.2 Å². The number of hydrogen-bond acceptors (Lipinski definition) is 2. The van der Waals surface area contributed by atoms with Crippen molar-refractivity contribution < 1.29 is 23.1 Å². The van der Waals surface area contributed by atoms with Gasteiger partial charge in [-0.25, -0.2) is 0 Å². The van der Waals surface area contributed by atoms with Crippen LogP contribution in [0, 0.1) is 0 Å². The zero-order valence-corrected chi connectivity index (χ0v) is 12.6. The lowest BCUT2D eigenvalue weighted by atomic mass is 10.1. The number of nitrogens with one attached hydrogen (secondary N) is 1. The summed E-state index contributed by atoms with van der Waals surface area (Å²) in [5.41, 5.74) is 0.375. The molecule has 6 heteroatoms. The maximum atomic E-state index is 12.5. The molecule has 0 saturated heterocycles. The standard InChI is InChI=1S/C18H16F3NO2/c19-18(20,21)15-9-7-14(8-10-15)16(23)12-22-17(24)11-6-13-4-2-1-3-5-13/h1-11,16,23H,12H2,(H,22,24). The molecule has 0 heterocycles. The molecular weight excluding hydrogens is 319 g/mol. The molecule has 2 aromatic carbocycles. The maximum absolute atomic E-state index is 12.5. The quantitative estimate of drug-likeness (QED) is 0.821. The Balaban J connectivity index is 1.87. The van der Waals surface area contributed by atoms with E-state index in [-0.39, 0.29) is 6.54 Å². The fourth-order valence-electron chi connectivity index (χ4n) is 2.00. The Morgan fingerprint density at radius 3 is 2.29 bits per heavy atom. The molecule has 1 unspecified atom stereocenters. The van der Waals surface area contributed by atoms with Crippen LogP contribution in [0.2, 0.25) is 0 Å². The number of aliphatic hydroxyl groups excluding tert-OH is 1. The van der Waals surface area contributed by atoms with E-state index in [0.717, 1.165) is 17.7 Å². The van der Waals surface area contributed by atoms with E-state index in [9.17, 15) is 23.1 Å². The molecule has 1 amide bonds. The van der Waals surface area contributed by atoms with Gasteiger partial charge in [0.25, 0.3) is 0 Å². The lowest BCUT2D eigenvalue weighted by Crippen LogP contribution is -2.26. The SMILES string of the molecule is O=C(C=Cc1ccccc1)NCC(O)c1ccc(C(F)(F)F)cc1. The van der Waals surface area contributed by atoms with Crippen LogP contribution in [0.4, 0.5) is 13.2 Å². The fourth-order valence-corrected chi connectivity index (χ4v) is 2.00. The molecule has 1 atom stereocenters. The molecule has 2 rings (SSSR count). The largest absolute Gasteiger partial charge is 0.416 e.